The molecule has 0 fully saturated rings. The van der Waals surface area contributed by atoms with Crippen molar-refractivity contribution in [3.8, 4) is 0 Å². The van der Waals surface area contributed by atoms with Crippen LogP contribution in [0.1, 0.15) is 25.8 Å². The highest BCUT2D eigenvalue weighted by Crippen LogP contribution is 2.06. The molecule has 86 valence electrons. The Bertz CT molecular complexity index is 357. The van der Waals surface area contributed by atoms with E-state index >= 15 is 0 Å². The Balaban J connectivity index is 2.39. The van der Waals surface area contributed by atoms with Gasteiger partial charge in [0.1, 0.15) is 18.3 Å². The molecule has 0 saturated carbocycles. The summed E-state index contributed by atoms with van der Waals surface area (Å²) in [5, 5.41) is 0. The maximum atomic E-state index is 11.2. The van der Waals surface area contributed by atoms with Crippen LogP contribution >= 0.6 is 0 Å². The molecular formula is C13H16O3. The summed E-state index contributed by atoms with van der Waals surface area (Å²) in [7, 11) is 0. The van der Waals surface area contributed by atoms with Gasteiger partial charge in [-0.1, -0.05) is 30.3 Å². The molecule has 0 aliphatic rings. The summed E-state index contributed by atoms with van der Waals surface area (Å²) in [6.07, 6.45) is 0.332. The zero-order chi connectivity index (χ0) is 12.0. The van der Waals surface area contributed by atoms with E-state index in [-0.39, 0.29) is 18.3 Å². The molecule has 1 atom stereocenters. The van der Waals surface area contributed by atoms with Gasteiger partial charge in [0.2, 0.25) is 0 Å². The van der Waals surface area contributed by atoms with Crippen LogP contribution < -0.4 is 0 Å². The van der Waals surface area contributed by atoms with E-state index in [1.165, 1.54) is 6.92 Å². The lowest BCUT2D eigenvalue weighted by atomic mass is 10.1. The molecule has 0 spiro atoms. The fourth-order valence-corrected chi connectivity index (χ4v) is 1.46. The average molecular weight is 220 g/mol. The first kappa shape index (κ1) is 12.4. The molecule has 1 aromatic rings. The number of benzene rings is 1. The SMILES string of the molecule is CC(=O)CC(=O)OC(C)Cc1ccccc1. The Hall–Kier alpha value is -1.64. The van der Waals surface area contributed by atoms with Crippen LogP contribution in [0.5, 0.6) is 0 Å². The Kier molecular flexibility index (Phi) is 4.70. The van der Waals surface area contributed by atoms with Crippen LogP contribution in [0.25, 0.3) is 0 Å². The third-order valence-corrected chi connectivity index (χ3v) is 2.09. The summed E-state index contributed by atoms with van der Waals surface area (Å²) < 4.78 is 5.11. The van der Waals surface area contributed by atoms with Crippen molar-refractivity contribution < 1.29 is 14.3 Å². The van der Waals surface area contributed by atoms with Crippen LogP contribution in [0.3, 0.4) is 0 Å². The van der Waals surface area contributed by atoms with Gasteiger partial charge in [0.25, 0.3) is 0 Å². The molecule has 0 radical (unpaired) electrons. The first-order chi connectivity index (χ1) is 7.58. The monoisotopic (exact) mass is 220 g/mol. The number of Topliss-reactive ketones (excluding diaryl/α,β-unsaturated/α-hetero) is 1. The lowest BCUT2D eigenvalue weighted by Gasteiger charge is -2.12. The molecule has 0 aliphatic heterocycles. The van der Waals surface area contributed by atoms with Gasteiger partial charge in [-0.15, -0.1) is 0 Å². The molecule has 0 aromatic heterocycles. The van der Waals surface area contributed by atoms with Gasteiger partial charge in [-0.25, -0.2) is 0 Å². The second-order valence-corrected chi connectivity index (χ2v) is 3.87. The van der Waals surface area contributed by atoms with E-state index in [0.29, 0.717) is 6.42 Å². The first-order valence-corrected chi connectivity index (χ1v) is 5.31. The van der Waals surface area contributed by atoms with Gasteiger partial charge in [-0.05, 0) is 19.4 Å². The van der Waals surface area contributed by atoms with E-state index in [9.17, 15) is 9.59 Å². The molecule has 0 aliphatic carbocycles. The van der Waals surface area contributed by atoms with Crippen LogP contribution in [0, 0.1) is 0 Å². The van der Waals surface area contributed by atoms with Crippen LogP contribution in [0.2, 0.25) is 0 Å². The van der Waals surface area contributed by atoms with Crippen molar-refractivity contribution in [2.75, 3.05) is 0 Å². The van der Waals surface area contributed by atoms with E-state index in [0.717, 1.165) is 5.56 Å². The summed E-state index contributed by atoms with van der Waals surface area (Å²) in [6, 6.07) is 9.79. The average Bonchev–Trinajstić information content (AvgIpc) is 2.17. The highest BCUT2D eigenvalue weighted by Gasteiger charge is 2.11. The van der Waals surface area contributed by atoms with E-state index < -0.39 is 5.97 Å². The number of ether oxygens (including phenoxy) is 1. The Morgan fingerprint density at radius 1 is 1.25 bits per heavy atom. The Morgan fingerprint density at radius 2 is 1.88 bits per heavy atom. The summed E-state index contributed by atoms with van der Waals surface area (Å²) in [5.41, 5.74) is 1.12. The molecule has 16 heavy (non-hydrogen) atoms. The van der Waals surface area contributed by atoms with Crippen molar-refractivity contribution in [2.45, 2.75) is 32.8 Å². The Morgan fingerprint density at radius 3 is 2.44 bits per heavy atom. The number of esters is 1. The molecule has 0 bridgehead atoms. The van der Waals surface area contributed by atoms with Gasteiger partial charge in [-0.2, -0.15) is 0 Å². The van der Waals surface area contributed by atoms with Crippen molar-refractivity contribution >= 4 is 11.8 Å². The van der Waals surface area contributed by atoms with E-state index in [2.05, 4.69) is 0 Å². The third-order valence-electron chi connectivity index (χ3n) is 2.09. The van der Waals surface area contributed by atoms with Gasteiger partial charge < -0.3 is 4.74 Å². The second-order valence-electron chi connectivity index (χ2n) is 3.87. The molecule has 3 heteroatoms. The van der Waals surface area contributed by atoms with Crippen LogP contribution in [-0.2, 0) is 20.7 Å². The molecule has 1 aromatic carbocycles. The van der Waals surface area contributed by atoms with Crippen molar-refractivity contribution in [3.63, 3.8) is 0 Å². The molecule has 0 saturated heterocycles. The fraction of sp³-hybridized carbons (Fsp3) is 0.385. The van der Waals surface area contributed by atoms with E-state index in [1.807, 2.05) is 37.3 Å². The van der Waals surface area contributed by atoms with Gasteiger partial charge in [0, 0.05) is 6.42 Å². The van der Waals surface area contributed by atoms with E-state index in [1.54, 1.807) is 0 Å². The lowest BCUT2D eigenvalue weighted by molar-refractivity contribution is -0.149. The van der Waals surface area contributed by atoms with E-state index in [4.69, 9.17) is 4.74 Å². The Labute approximate surface area is 95.4 Å². The van der Waals surface area contributed by atoms with Gasteiger partial charge >= 0.3 is 5.97 Å². The smallest absolute Gasteiger partial charge is 0.313 e. The van der Waals surface area contributed by atoms with Crippen molar-refractivity contribution in [1.29, 1.82) is 0 Å². The maximum Gasteiger partial charge on any atom is 0.313 e. The number of hydrogen-bond acceptors (Lipinski definition) is 3. The summed E-state index contributed by atoms with van der Waals surface area (Å²) >= 11 is 0. The normalized spacial score (nSPS) is 11.9. The highest BCUT2D eigenvalue weighted by atomic mass is 16.5. The molecule has 1 rings (SSSR count). The molecule has 1 unspecified atom stereocenters. The summed E-state index contributed by atoms with van der Waals surface area (Å²) in [4.78, 5) is 21.9. The van der Waals surface area contributed by atoms with Gasteiger partial charge in [-0.3, -0.25) is 9.59 Å². The number of ketones is 1. The summed E-state index contributed by atoms with van der Waals surface area (Å²) in [5.74, 6) is -0.618. The van der Waals surface area contributed by atoms with Crippen molar-refractivity contribution in [2.24, 2.45) is 0 Å². The van der Waals surface area contributed by atoms with Gasteiger partial charge in [0.05, 0.1) is 0 Å². The minimum absolute atomic E-state index is 0.140. The minimum atomic E-state index is -0.448. The number of rotatable bonds is 5. The minimum Gasteiger partial charge on any atom is -0.462 e. The zero-order valence-electron chi connectivity index (χ0n) is 9.60. The van der Waals surface area contributed by atoms with Gasteiger partial charge in [0.15, 0.2) is 0 Å². The predicted molar refractivity (Wildman–Crippen MR) is 61.0 cm³/mol. The lowest BCUT2D eigenvalue weighted by Crippen LogP contribution is -2.18. The highest BCUT2D eigenvalue weighted by molar-refractivity contribution is 5.94. The largest absolute Gasteiger partial charge is 0.462 e. The fourth-order valence-electron chi connectivity index (χ4n) is 1.46. The number of carbonyl (C=O) groups is 2. The van der Waals surface area contributed by atoms with Crippen molar-refractivity contribution in [3.05, 3.63) is 35.9 Å². The molecule has 0 N–H and O–H groups in total. The third kappa shape index (κ3) is 4.73. The molecule has 0 amide bonds. The standard InChI is InChI=1S/C13H16O3/c1-10(14)8-13(15)16-11(2)9-12-6-4-3-5-7-12/h3-7,11H,8-9H2,1-2H3. The number of hydrogen-bond donors (Lipinski definition) is 0. The first-order valence-electron chi connectivity index (χ1n) is 5.31. The molecule has 3 nitrogen and oxygen atoms in total. The predicted octanol–water partition coefficient (Wildman–Crippen LogP) is 2.14. The maximum absolute atomic E-state index is 11.2. The molecule has 0 heterocycles. The van der Waals surface area contributed by atoms with Crippen LogP contribution in [-0.4, -0.2) is 17.9 Å². The van der Waals surface area contributed by atoms with Crippen molar-refractivity contribution in [1.82, 2.24) is 0 Å². The van der Waals surface area contributed by atoms with Crippen LogP contribution in [0.15, 0.2) is 30.3 Å². The number of carbonyl (C=O) groups excluding carboxylic acids is 2. The quantitative estimate of drug-likeness (QED) is 0.564. The zero-order valence-corrected chi connectivity index (χ0v) is 9.60. The summed E-state index contributed by atoms with van der Waals surface area (Å²) in [6.45, 7) is 3.20. The van der Waals surface area contributed by atoms with Crippen LogP contribution in [0.4, 0.5) is 0 Å². The molecular weight excluding hydrogens is 204 g/mol. The second kappa shape index (κ2) is 6.05. The topological polar surface area (TPSA) is 43.4 Å².